The van der Waals surface area contributed by atoms with Crippen LogP contribution in [-0.4, -0.2) is 42.6 Å². The summed E-state index contributed by atoms with van der Waals surface area (Å²) >= 11 is 0. The van der Waals surface area contributed by atoms with E-state index in [4.69, 9.17) is 0 Å². The van der Waals surface area contributed by atoms with Crippen molar-refractivity contribution < 1.29 is 0 Å². The first-order chi connectivity index (χ1) is 6.36. The highest BCUT2D eigenvalue weighted by Crippen LogP contribution is 2.07. The lowest BCUT2D eigenvalue weighted by atomic mass is 10.2. The molecule has 1 heterocycles. The van der Waals surface area contributed by atoms with Gasteiger partial charge in [0, 0.05) is 13.1 Å². The number of hydrogen-bond acceptors (Lipinski definition) is 2. The lowest BCUT2D eigenvalue weighted by Gasteiger charge is -2.16. The van der Waals surface area contributed by atoms with Crippen LogP contribution in [-0.2, 0) is 0 Å². The molecule has 1 aliphatic rings. The molecule has 2 heteroatoms. The van der Waals surface area contributed by atoms with Gasteiger partial charge in [-0.05, 0) is 19.5 Å². The van der Waals surface area contributed by atoms with Gasteiger partial charge < -0.3 is 0 Å². The van der Waals surface area contributed by atoms with E-state index in [0.717, 1.165) is 0 Å². The first-order valence-corrected chi connectivity index (χ1v) is 5.81. The molecule has 0 spiro atoms. The van der Waals surface area contributed by atoms with Gasteiger partial charge in [-0.25, -0.2) is 0 Å². The van der Waals surface area contributed by atoms with Gasteiger partial charge in [0.15, 0.2) is 0 Å². The summed E-state index contributed by atoms with van der Waals surface area (Å²) in [6.45, 7) is 10.8. The molecular formula is C11H24N2. The van der Waals surface area contributed by atoms with Gasteiger partial charge in [0.2, 0.25) is 0 Å². The molecule has 0 amide bonds. The molecule has 0 N–H and O–H groups in total. The highest BCUT2D eigenvalue weighted by atomic mass is 15.4. The summed E-state index contributed by atoms with van der Waals surface area (Å²) in [5, 5.41) is 0. The molecule has 0 unspecified atom stereocenters. The Bertz CT molecular complexity index is 125. The molecule has 1 aliphatic heterocycles. The molecule has 0 aromatic heterocycles. The van der Waals surface area contributed by atoms with E-state index in [1.165, 1.54) is 58.5 Å². The molecule has 1 fully saturated rings. The summed E-state index contributed by atoms with van der Waals surface area (Å²) in [7, 11) is 0. The Balaban J connectivity index is 1.97. The van der Waals surface area contributed by atoms with Gasteiger partial charge in [0.1, 0.15) is 0 Å². The maximum Gasteiger partial charge on any atom is 0.0507 e. The van der Waals surface area contributed by atoms with E-state index in [0.29, 0.717) is 0 Å². The molecule has 0 aromatic carbocycles. The first kappa shape index (κ1) is 11.0. The van der Waals surface area contributed by atoms with E-state index in [-0.39, 0.29) is 0 Å². The topological polar surface area (TPSA) is 6.48 Å². The van der Waals surface area contributed by atoms with Crippen LogP contribution < -0.4 is 0 Å². The van der Waals surface area contributed by atoms with Crippen LogP contribution in [0.25, 0.3) is 0 Å². The molecule has 1 saturated heterocycles. The third-order valence-corrected chi connectivity index (χ3v) is 2.91. The van der Waals surface area contributed by atoms with Gasteiger partial charge in [-0.1, -0.05) is 33.1 Å². The van der Waals surface area contributed by atoms with E-state index >= 15 is 0 Å². The zero-order chi connectivity index (χ0) is 9.52. The zero-order valence-electron chi connectivity index (χ0n) is 9.26. The molecule has 0 radical (unpaired) electrons. The largest absolute Gasteiger partial charge is 0.289 e. The third kappa shape index (κ3) is 4.10. The number of unbranched alkanes of at least 4 members (excludes halogenated alkanes) is 3. The van der Waals surface area contributed by atoms with Gasteiger partial charge in [0.05, 0.1) is 6.67 Å². The van der Waals surface area contributed by atoms with E-state index in [9.17, 15) is 0 Å². The molecule has 2 nitrogen and oxygen atoms in total. The van der Waals surface area contributed by atoms with Crippen molar-refractivity contribution in [3.63, 3.8) is 0 Å². The summed E-state index contributed by atoms with van der Waals surface area (Å²) in [6.07, 6.45) is 5.57. The lowest BCUT2D eigenvalue weighted by molar-refractivity contribution is 0.249. The van der Waals surface area contributed by atoms with Crippen molar-refractivity contribution in [3.05, 3.63) is 0 Å². The number of nitrogens with zero attached hydrogens (tertiary/aromatic N) is 2. The second-order valence-electron chi connectivity index (χ2n) is 4.03. The molecule has 13 heavy (non-hydrogen) atoms. The van der Waals surface area contributed by atoms with Crippen molar-refractivity contribution in [2.45, 2.75) is 39.5 Å². The highest BCUT2D eigenvalue weighted by molar-refractivity contribution is 4.69. The van der Waals surface area contributed by atoms with Crippen molar-refractivity contribution in [1.29, 1.82) is 0 Å². The maximum atomic E-state index is 2.58. The minimum atomic E-state index is 1.21. The quantitative estimate of drug-likeness (QED) is 0.584. The first-order valence-electron chi connectivity index (χ1n) is 5.81. The number of rotatable bonds is 6. The van der Waals surface area contributed by atoms with E-state index in [1.54, 1.807) is 0 Å². The van der Waals surface area contributed by atoms with Crippen LogP contribution in [0.3, 0.4) is 0 Å². The molecule has 0 saturated carbocycles. The predicted octanol–water partition coefficient (Wildman–Crippen LogP) is 2.16. The van der Waals surface area contributed by atoms with Crippen LogP contribution >= 0.6 is 0 Å². The monoisotopic (exact) mass is 184 g/mol. The van der Waals surface area contributed by atoms with Crippen LogP contribution in [0, 0.1) is 0 Å². The Kier molecular flexibility index (Phi) is 5.40. The van der Waals surface area contributed by atoms with Crippen LogP contribution in [0.2, 0.25) is 0 Å². The maximum absolute atomic E-state index is 2.58. The van der Waals surface area contributed by atoms with E-state index in [1.807, 2.05) is 0 Å². The molecule has 0 bridgehead atoms. The predicted molar refractivity (Wildman–Crippen MR) is 57.8 cm³/mol. The summed E-state index contributed by atoms with van der Waals surface area (Å²) in [4.78, 5) is 5.10. The van der Waals surface area contributed by atoms with E-state index < -0.39 is 0 Å². The molecule has 0 aliphatic carbocycles. The lowest BCUT2D eigenvalue weighted by Crippen LogP contribution is -2.26. The second kappa shape index (κ2) is 6.39. The van der Waals surface area contributed by atoms with Crippen LogP contribution in [0.5, 0.6) is 0 Å². The Hall–Kier alpha value is -0.0800. The van der Waals surface area contributed by atoms with Crippen LogP contribution in [0.1, 0.15) is 39.5 Å². The normalized spacial score (nSPS) is 19.8. The van der Waals surface area contributed by atoms with Crippen molar-refractivity contribution in [1.82, 2.24) is 9.80 Å². The summed E-state index contributed by atoms with van der Waals surface area (Å²) in [5.74, 6) is 0. The van der Waals surface area contributed by atoms with Gasteiger partial charge >= 0.3 is 0 Å². The number of hydrogen-bond donors (Lipinski definition) is 0. The van der Waals surface area contributed by atoms with Gasteiger partial charge in [-0.15, -0.1) is 0 Å². The smallest absolute Gasteiger partial charge is 0.0507 e. The van der Waals surface area contributed by atoms with E-state index in [2.05, 4.69) is 23.6 Å². The van der Waals surface area contributed by atoms with Gasteiger partial charge in [0.25, 0.3) is 0 Å². The third-order valence-electron chi connectivity index (χ3n) is 2.91. The van der Waals surface area contributed by atoms with Crippen molar-refractivity contribution in [2.75, 3.05) is 32.8 Å². The molecule has 0 atom stereocenters. The van der Waals surface area contributed by atoms with Gasteiger partial charge in [-0.3, -0.25) is 9.80 Å². The average Bonchev–Trinajstić information content (AvgIpc) is 2.60. The van der Waals surface area contributed by atoms with Gasteiger partial charge in [-0.2, -0.15) is 0 Å². The van der Waals surface area contributed by atoms with Crippen LogP contribution in [0.15, 0.2) is 0 Å². The summed E-state index contributed by atoms with van der Waals surface area (Å²) in [6, 6.07) is 0. The fourth-order valence-electron chi connectivity index (χ4n) is 1.91. The van der Waals surface area contributed by atoms with Crippen LogP contribution in [0.4, 0.5) is 0 Å². The Morgan fingerprint density at radius 1 is 0.923 bits per heavy atom. The molecular weight excluding hydrogens is 160 g/mol. The minimum Gasteiger partial charge on any atom is -0.289 e. The average molecular weight is 184 g/mol. The molecule has 78 valence electrons. The van der Waals surface area contributed by atoms with Crippen molar-refractivity contribution in [3.8, 4) is 0 Å². The zero-order valence-corrected chi connectivity index (χ0v) is 9.26. The Morgan fingerprint density at radius 2 is 1.69 bits per heavy atom. The number of likely N-dealkylation sites (N-methyl/N-ethyl adjacent to an activating group) is 1. The highest BCUT2D eigenvalue weighted by Gasteiger charge is 2.16. The standard InChI is InChI=1S/C11H24N2/c1-3-5-6-7-8-13-10-9-12(4-2)11-13/h3-11H2,1-2H3. The molecule has 0 aromatic rings. The minimum absolute atomic E-state index is 1.21. The summed E-state index contributed by atoms with van der Waals surface area (Å²) in [5.41, 5.74) is 0. The second-order valence-corrected chi connectivity index (χ2v) is 4.03. The Morgan fingerprint density at radius 3 is 2.31 bits per heavy atom. The fraction of sp³-hybridized carbons (Fsp3) is 1.00. The SMILES string of the molecule is CCCCCCN1CCN(CC)C1. The van der Waals surface area contributed by atoms with Crippen molar-refractivity contribution >= 4 is 0 Å². The fourth-order valence-corrected chi connectivity index (χ4v) is 1.91. The molecule has 1 rings (SSSR count). The van der Waals surface area contributed by atoms with Crippen molar-refractivity contribution in [2.24, 2.45) is 0 Å². The Labute approximate surface area is 82.9 Å². The summed E-state index contributed by atoms with van der Waals surface area (Å²) < 4.78 is 0.